The first-order valence-corrected chi connectivity index (χ1v) is 10.5. The lowest BCUT2D eigenvalue weighted by Gasteiger charge is -2.15. The van der Waals surface area contributed by atoms with Crippen molar-refractivity contribution in [2.45, 2.75) is 0 Å². The van der Waals surface area contributed by atoms with Crippen LogP contribution in [0.25, 0.3) is 0 Å². The monoisotopic (exact) mass is 306 g/mol. The largest absolute Gasteiger partial charge is 0.361 e. The van der Waals surface area contributed by atoms with Crippen molar-refractivity contribution in [2.75, 3.05) is 72.3 Å². The quantitative estimate of drug-likeness (QED) is 0.324. The number of nitrogens with zero attached hydrogens (tertiary/aromatic N) is 1. The third-order valence-electron chi connectivity index (χ3n) is 1.20. The van der Waals surface area contributed by atoms with E-state index in [0.717, 1.165) is 4.48 Å². The predicted octanol–water partition coefficient (Wildman–Crippen LogP) is -0.380. The summed E-state index contributed by atoms with van der Waals surface area (Å²) in [5, 5.41) is 34.2. The Bertz CT molecular complexity index is 147. The Morgan fingerprint density at radius 2 is 0.833 bits per heavy atom. The molecule has 0 aromatic heterocycles. The lowest BCUT2D eigenvalue weighted by molar-refractivity contribution is -0.849. The number of rotatable bonds is 4. The van der Waals surface area contributed by atoms with E-state index >= 15 is 0 Å². The first-order chi connectivity index (χ1) is 7.97. The van der Waals surface area contributed by atoms with Crippen molar-refractivity contribution in [3.63, 3.8) is 0 Å². The van der Waals surface area contributed by atoms with Crippen LogP contribution in [-0.4, -0.2) is 97.3 Å². The summed E-state index contributed by atoms with van der Waals surface area (Å²) in [5.41, 5.74) is 0. The third-order valence-corrected chi connectivity index (χ3v) is 3.60. The maximum atomic E-state index is 8.55. The van der Waals surface area contributed by atoms with Crippen LogP contribution in [0.5, 0.6) is 0 Å². The molecule has 18 heavy (non-hydrogen) atoms. The van der Waals surface area contributed by atoms with Crippen LogP contribution < -0.4 is 0 Å². The molecule has 0 bridgehead atoms. The third kappa shape index (κ3) is 25.4. The molecule has 114 valence electrons. The Balaban J connectivity index is -0.000000212. The predicted molar refractivity (Wildman–Crippen MR) is 84.4 cm³/mol. The highest BCUT2D eigenvalue weighted by Gasteiger charge is 2.34. The van der Waals surface area contributed by atoms with Crippen LogP contribution in [0.2, 0.25) is 0 Å². The molecule has 0 fully saturated rings. The Morgan fingerprint density at radius 3 is 0.833 bits per heavy atom. The summed E-state index contributed by atoms with van der Waals surface area (Å²) in [5.74, 6) is 0. The maximum absolute atomic E-state index is 8.55. The SMILES string of the molecule is C[N+](C)(C)C.C[S+](C)C.OC[P+](CO)(CO)CO. The van der Waals surface area contributed by atoms with Gasteiger partial charge in [0.25, 0.3) is 0 Å². The molecule has 0 aromatic rings. The molecule has 0 heterocycles. The molecule has 0 aliphatic carbocycles. The Labute approximate surface area is 116 Å². The fraction of sp³-hybridized carbons (Fsp3) is 1.00. The van der Waals surface area contributed by atoms with Crippen molar-refractivity contribution in [3.05, 3.63) is 0 Å². The van der Waals surface area contributed by atoms with Gasteiger partial charge in [-0.25, -0.2) is 0 Å². The molecule has 0 saturated heterocycles. The van der Waals surface area contributed by atoms with Gasteiger partial charge in [-0.15, -0.1) is 0 Å². The van der Waals surface area contributed by atoms with Gasteiger partial charge in [-0.3, -0.25) is 0 Å². The molecule has 0 aromatic carbocycles. The molecule has 0 aliphatic rings. The van der Waals surface area contributed by atoms with Crippen molar-refractivity contribution in [2.24, 2.45) is 0 Å². The van der Waals surface area contributed by atoms with Crippen LogP contribution in [0.3, 0.4) is 0 Å². The summed E-state index contributed by atoms with van der Waals surface area (Å²) in [4.78, 5) is 0. The van der Waals surface area contributed by atoms with E-state index in [2.05, 4.69) is 47.0 Å². The van der Waals surface area contributed by atoms with E-state index < -0.39 is 7.26 Å². The highest BCUT2D eigenvalue weighted by atomic mass is 32.2. The molecule has 5 nitrogen and oxygen atoms in total. The van der Waals surface area contributed by atoms with Gasteiger partial charge in [0, 0.05) is 0 Å². The smallest absolute Gasteiger partial charge is 0.161 e. The molecule has 0 unspecified atom stereocenters. The van der Waals surface area contributed by atoms with Crippen molar-refractivity contribution in [3.8, 4) is 0 Å². The standard InChI is InChI=1S/C4H12N.C4H12O4P.C3H9S/c1-5(2,3)4;5-1-9(2-6,3-7)4-8;1-4(2)3/h1-4H3;5-8H,1-4H2;1-3H3/q3*+1. The summed E-state index contributed by atoms with van der Waals surface area (Å²) < 4.78 is 1.00. The van der Waals surface area contributed by atoms with Gasteiger partial charge in [0.15, 0.2) is 25.4 Å². The second-order valence-corrected chi connectivity index (χ2v) is 12.1. The Hall–Kier alpha value is 0.580. The van der Waals surface area contributed by atoms with E-state index in [9.17, 15) is 0 Å². The number of hydrogen-bond donors (Lipinski definition) is 4. The molecular formula is C11H33NO4PS+3. The Kier molecular flexibility index (Phi) is 16.6. The molecular weight excluding hydrogens is 273 g/mol. The number of quaternary nitrogens is 1. The highest BCUT2D eigenvalue weighted by molar-refractivity contribution is 7.94. The van der Waals surface area contributed by atoms with Crippen molar-refractivity contribution < 1.29 is 24.9 Å². The van der Waals surface area contributed by atoms with Crippen LogP contribution in [0.15, 0.2) is 0 Å². The number of aliphatic hydroxyl groups is 4. The van der Waals surface area contributed by atoms with Gasteiger partial charge in [0.2, 0.25) is 0 Å². The van der Waals surface area contributed by atoms with Crippen molar-refractivity contribution in [1.29, 1.82) is 0 Å². The molecule has 0 radical (unpaired) electrons. The van der Waals surface area contributed by atoms with Gasteiger partial charge in [0.1, 0.15) is 7.26 Å². The molecule has 0 amide bonds. The van der Waals surface area contributed by atoms with Gasteiger partial charge in [-0.1, -0.05) is 0 Å². The first kappa shape index (κ1) is 23.7. The fourth-order valence-electron chi connectivity index (χ4n) is 0.268. The summed E-state index contributed by atoms with van der Waals surface area (Å²) in [6.45, 7) is 0. The second kappa shape index (κ2) is 12.6. The van der Waals surface area contributed by atoms with E-state index in [1.165, 1.54) is 0 Å². The molecule has 0 aliphatic heterocycles. The van der Waals surface area contributed by atoms with Crippen LogP contribution >= 0.6 is 7.26 Å². The van der Waals surface area contributed by atoms with Crippen molar-refractivity contribution in [1.82, 2.24) is 0 Å². The highest BCUT2D eigenvalue weighted by Crippen LogP contribution is 2.54. The second-order valence-electron chi connectivity index (χ2n) is 5.82. The van der Waals surface area contributed by atoms with Crippen molar-refractivity contribution >= 4 is 18.2 Å². The van der Waals surface area contributed by atoms with Crippen LogP contribution in [-0.2, 0) is 10.9 Å². The Morgan fingerprint density at radius 1 is 0.722 bits per heavy atom. The van der Waals surface area contributed by atoms with Gasteiger partial charge < -0.3 is 24.9 Å². The lowest BCUT2D eigenvalue weighted by Crippen LogP contribution is -2.27. The topological polar surface area (TPSA) is 80.9 Å². The van der Waals surface area contributed by atoms with E-state index in [1.807, 2.05) is 0 Å². The van der Waals surface area contributed by atoms with E-state index in [4.69, 9.17) is 20.4 Å². The van der Waals surface area contributed by atoms with Gasteiger partial charge >= 0.3 is 0 Å². The van der Waals surface area contributed by atoms with Gasteiger partial charge in [-0.2, -0.15) is 0 Å². The number of aliphatic hydroxyl groups excluding tert-OH is 4. The van der Waals surface area contributed by atoms with E-state index in [0.29, 0.717) is 10.9 Å². The zero-order valence-electron chi connectivity index (χ0n) is 12.9. The average molecular weight is 306 g/mol. The van der Waals surface area contributed by atoms with Crippen LogP contribution in [0.1, 0.15) is 0 Å². The van der Waals surface area contributed by atoms with Gasteiger partial charge in [-0.05, 0) is 10.9 Å². The molecule has 4 N–H and O–H groups in total. The molecule has 0 atom stereocenters. The molecule has 7 heteroatoms. The van der Waals surface area contributed by atoms with Gasteiger partial charge in [0.05, 0.1) is 47.0 Å². The zero-order chi connectivity index (χ0) is 15.4. The molecule has 0 saturated carbocycles. The fourth-order valence-corrected chi connectivity index (χ4v) is 0.805. The first-order valence-electron chi connectivity index (χ1n) is 5.54. The minimum absolute atomic E-state index is 0.295. The molecule has 0 rings (SSSR count). The number of hydrogen-bond acceptors (Lipinski definition) is 4. The normalized spacial score (nSPS) is 11.3. The average Bonchev–Trinajstić information content (AvgIpc) is 2.19. The zero-order valence-corrected chi connectivity index (χ0v) is 14.6. The van der Waals surface area contributed by atoms with Crippen LogP contribution in [0, 0.1) is 0 Å². The molecule has 0 spiro atoms. The maximum Gasteiger partial charge on any atom is 0.161 e. The van der Waals surface area contributed by atoms with Crippen LogP contribution in [0.4, 0.5) is 0 Å². The summed E-state index contributed by atoms with van der Waals surface area (Å²) >= 11 is 0. The minimum Gasteiger partial charge on any atom is -0.361 e. The summed E-state index contributed by atoms with van der Waals surface area (Å²) in [6.07, 6.45) is 5.40. The van der Waals surface area contributed by atoms with E-state index in [-0.39, 0.29) is 25.4 Å². The summed E-state index contributed by atoms with van der Waals surface area (Å²) in [7, 11) is 6.94. The lowest BCUT2D eigenvalue weighted by atomic mass is 10.8. The van der Waals surface area contributed by atoms with E-state index in [1.54, 1.807) is 0 Å². The summed E-state index contributed by atoms with van der Waals surface area (Å²) in [6, 6.07) is 0. The minimum atomic E-state index is -2.20.